The minimum absolute atomic E-state index is 0.00771. The Morgan fingerprint density at radius 1 is 0.373 bits per heavy atom. The number of esters is 3. The number of nitrogens with zero attached hydrogens (tertiary/aromatic N) is 9. The Morgan fingerprint density at radius 2 is 0.698 bits per heavy atom. The van der Waals surface area contributed by atoms with Crippen molar-refractivity contribution >= 4 is 30.2 Å². The molecule has 11 saturated heterocycles. The number of aliphatic hydroxyl groups excluding tert-OH is 4. The van der Waals surface area contributed by atoms with Gasteiger partial charge >= 0.3 is 30.2 Å². The van der Waals surface area contributed by atoms with E-state index in [9.17, 15) is 125 Å². The molecule has 11 aliphatic heterocycles. The van der Waals surface area contributed by atoms with Gasteiger partial charge in [0.05, 0.1) is 92.5 Å². The van der Waals surface area contributed by atoms with E-state index in [4.69, 9.17) is 80.5 Å². The Bertz CT molecular complexity index is 3410. The maximum Gasteiger partial charge on any atom is 0.508 e. The van der Waals surface area contributed by atoms with Crippen LogP contribution in [0.15, 0.2) is 0 Å². The highest BCUT2D eigenvalue weighted by atomic mass is 17.0. The number of hydrogen-bond donors (Lipinski definition) is 4. The van der Waals surface area contributed by atoms with Crippen LogP contribution in [-0.4, -0.2) is 362 Å². The molecule has 0 aromatic rings. The summed E-state index contributed by atoms with van der Waals surface area (Å²) in [6.45, 7) is 4.63. The van der Waals surface area contributed by atoms with Crippen molar-refractivity contribution in [2.24, 2.45) is 5.41 Å². The third-order valence-electron chi connectivity index (χ3n) is 20.6. The van der Waals surface area contributed by atoms with E-state index in [1.165, 1.54) is 4.90 Å². The second-order valence-corrected chi connectivity index (χ2v) is 30.4. The third-order valence-corrected chi connectivity index (χ3v) is 20.6. The van der Waals surface area contributed by atoms with Crippen molar-refractivity contribution in [3.63, 3.8) is 0 Å². The minimum Gasteiger partial charge on any atom is -0.457 e. The molecule has 0 aromatic carbocycles. The number of carbonyl (C=O) groups excluding carboxylic acids is 5. The fraction of sp³-hybridized carbons (Fsp3) is 0.925. The van der Waals surface area contributed by atoms with Gasteiger partial charge in [0.2, 0.25) is 0 Å². The molecular weight excluding hydrogens is 1730 g/mol. The first-order valence-electron chi connectivity index (χ1n) is 40.2. The second-order valence-electron chi connectivity index (χ2n) is 30.4. The van der Waals surface area contributed by atoms with Crippen molar-refractivity contribution in [2.45, 2.75) is 263 Å². The summed E-state index contributed by atoms with van der Waals surface area (Å²) in [4.78, 5) is 177. The standard InChI is InChI=1S/C18H28N2O12.C15H24N2O12.C12H18N2O8.C12H19NO8.C10H16N2O10/c21-15(7-3-1-5-9-29-19(23)24)31-13-11-27-18-14(12-28-17(13)18)32-16(22)8-4-2-6-10-30-20(25)26;1-15(2,5-9(29-17(22)23)6-27-16(20)21)3-4-24-14(19)28-11-8-26-12-10(18)7-25-13(11)12;15-8-5-19-11-9(6-20-10(8)11)21-12(16)13-3-1-7(2-4-13)22-14(17)18;14-8-6-18-12-9(7-19-11(8)12)21-10(15)4-2-1-3-5-20-13(16)17;13-7-4-19-10-8(5-20-9(7)10)18-2-1-6(22-12(16)17)3-21-11(14)15/h13-14,17-18H,1-12H2;9-13,18H,3-8H2,1-2H3;7-11,15H,1-6H2;8-9,11-12,14H,1-7H2;6-10,13H,1-5H2/t13-,14-,17-,18-;9?,10-,11-,12-,13-;8-,9-,10-,11-;8-,9-,11-,12-;6?,7-,8-,9-,10-/m11111/s1. The first kappa shape index (κ1) is 103. The van der Waals surface area contributed by atoms with Crippen molar-refractivity contribution in [3.8, 4) is 0 Å². The van der Waals surface area contributed by atoms with Gasteiger partial charge in [0, 0.05) is 39.0 Å². The number of amides is 1. The van der Waals surface area contributed by atoms with Crippen LogP contribution in [0, 0.1) is 86.3 Å². The van der Waals surface area contributed by atoms with E-state index in [1.807, 2.05) is 0 Å². The summed E-state index contributed by atoms with van der Waals surface area (Å²) in [6.07, 6.45) is -8.35. The number of aliphatic hydroxyl groups is 4. The lowest BCUT2D eigenvalue weighted by molar-refractivity contribution is -0.790. The van der Waals surface area contributed by atoms with Crippen LogP contribution in [0.3, 0.4) is 0 Å². The molecule has 0 radical (unpaired) electrons. The van der Waals surface area contributed by atoms with Gasteiger partial charge in [0.1, 0.15) is 123 Å². The van der Waals surface area contributed by atoms with Crippen molar-refractivity contribution < 1.29 is 204 Å². The van der Waals surface area contributed by atoms with Crippen LogP contribution in [0.2, 0.25) is 0 Å². The Hall–Kier alpha value is -10.0. The van der Waals surface area contributed by atoms with Crippen molar-refractivity contribution in [2.75, 3.05) is 125 Å². The second kappa shape index (κ2) is 52.9. The SMILES string of the molecule is CC(C)(CCOC(=O)O[C@@H]1CO[C@H]2[C@@H]1OC[C@H]2O)CC(CO[N+](=O)[O-])O[N+](=O)[O-].O=C(CCCCCO[N+](=O)[O-])O[C@@H]1CO[C@H]2[C@@H]1OC[C@H]2O.O=C(CCCCCO[N+](=O)[O-])O[C@@H]1CO[C@H]2[C@@H]1OC[C@H]2OC(=O)CCCCCO[N+](=O)[O-].O=C(O[C@@H]1CO[C@H]2[C@@H]1OC[C@H]2O)N1CCC(O[N+](=O)[O-])CC1.O=[N+]([O-])OCC(CCO[C@@H]1CO[C@H]2[C@@H]1OC[C@H]2O)O[N+](=O)[O-]. The largest absolute Gasteiger partial charge is 0.508 e. The zero-order valence-electron chi connectivity index (χ0n) is 68.3. The summed E-state index contributed by atoms with van der Waals surface area (Å²) >= 11 is 0. The van der Waals surface area contributed by atoms with Gasteiger partial charge in [-0.1, -0.05) is 33.1 Å². The number of unbranched alkanes of at least 4 members (excludes halogenated alkanes) is 6. The first-order valence-corrected chi connectivity index (χ1v) is 40.2. The number of carbonyl (C=O) groups is 5. The molecule has 718 valence electrons. The molecule has 1 amide bonds. The molecule has 0 bridgehead atoms. The smallest absolute Gasteiger partial charge is 0.457 e. The van der Waals surface area contributed by atoms with Gasteiger partial charge in [-0.3, -0.25) is 14.4 Å². The summed E-state index contributed by atoms with van der Waals surface area (Å²) in [6, 6.07) is 0. The van der Waals surface area contributed by atoms with Crippen LogP contribution in [0.25, 0.3) is 0 Å². The van der Waals surface area contributed by atoms with Gasteiger partial charge in [-0.05, 0) is 76.0 Å². The van der Waals surface area contributed by atoms with Crippen LogP contribution >= 0.6 is 0 Å². The molecular formula is C67H105N9O50. The van der Waals surface area contributed by atoms with E-state index in [2.05, 4.69) is 38.7 Å². The Labute approximate surface area is 712 Å². The lowest BCUT2D eigenvalue weighted by Crippen LogP contribution is -2.44. The van der Waals surface area contributed by atoms with Crippen LogP contribution in [0.1, 0.15) is 123 Å². The van der Waals surface area contributed by atoms with E-state index in [0.29, 0.717) is 83.7 Å². The van der Waals surface area contributed by atoms with Crippen LogP contribution in [0.5, 0.6) is 0 Å². The molecule has 0 aliphatic carbocycles. The lowest BCUT2D eigenvalue weighted by Gasteiger charge is -2.31. The fourth-order valence-electron chi connectivity index (χ4n) is 14.5. The van der Waals surface area contributed by atoms with Crippen molar-refractivity contribution in [1.29, 1.82) is 0 Å². The molecule has 126 heavy (non-hydrogen) atoms. The molecule has 2 unspecified atom stereocenters. The highest BCUT2D eigenvalue weighted by Crippen LogP contribution is 2.36. The molecule has 0 aromatic heterocycles. The maximum atomic E-state index is 12.1. The molecule has 11 aliphatic rings. The Balaban J connectivity index is 0.000000218. The normalized spacial score (nSPS) is 29.1. The Kier molecular flexibility index (Phi) is 43.3. The maximum absolute atomic E-state index is 12.1. The van der Waals surface area contributed by atoms with E-state index >= 15 is 0 Å². The molecule has 59 heteroatoms. The van der Waals surface area contributed by atoms with Gasteiger partial charge in [0.25, 0.3) is 40.7 Å². The predicted octanol–water partition coefficient (Wildman–Crippen LogP) is -0.743. The highest BCUT2D eigenvalue weighted by Gasteiger charge is 2.54. The number of likely N-dealkylation sites (tertiary alicyclic amines) is 1. The molecule has 4 N–H and O–H groups in total. The summed E-state index contributed by atoms with van der Waals surface area (Å²) < 4.78 is 91.3. The fourth-order valence-corrected chi connectivity index (χ4v) is 14.5. The summed E-state index contributed by atoms with van der Waals surface area (Å²) in [5, 5.41) is 112. The zero-order valence-corrected chi connectivity index (χ0v) is 68.3. The van der Waals surface area contributed by atoms with Crippen LogP contribution < -0.4 is 0 Å². The lowest BCUT2D eigenvalue weighted by atomic mass is 9.84. The predicted molar refractivity (Wildman–Crippen MR) is 391 cm³/mol. The summed E-state index contributed by atoms with van der Waals surface area (Å²) in [7, 11) is 0. The van der Waals surface area contributed by atoms with Gasteiger partial charge in [-0.25, -0.2) is 9.59 Å². The molecule has 59 nitrogen and oxygen atoms in total. The van der Waals surface area contributed by atoms with E-state index in [1.54, 1.807) is 13.8 Å². The number of hydrogen-bond acceptors (Lipinski definition) is 50. The van der Waals surface area contributed by atoms with Gasteiger partial charge in [0.15, 0.2) is 30.5 Å². The molecule has 22 atom stereocenters. The van der Waals surface area contributed by atoms with E-state index < -0.39 is 218 Å². The minimum atomic E-state index is -1.16. The Morgan fingerprint density at radius 3 is 1.07 bits per heavy atom. The van der Waals surface area contributed by atoms with Gasteiger partial charge in [-0.15, -0.1) is 80.9 Å². The molecule has 0 saturated carbocycles. The third kappa shape index (κ3) is 36.0. The van der Waals surface area contributed by atoms with Gasteiger partial charge in [-0.2, -0.15) is 0 Å². The van der Waals surface area contributed by atoms with E-state index in [-0.39, 0.29) is 150 Å². The zero-order chi connectivity index (χ0) is 92.0. The number of fused-ring (bicyclic) bond motifs is 5. The number of rotatable bonds is 47. The molecule has 11 fully saturated rings. The average molecular weight is 1840 g/mol. The van der Waals surface area contributed by atoms with Crippen molar-refractivity contribution in [1.82, 2.24) is 4.90 Å². The monoisotopic (exact) mass is 1840 g/mol. The molecule has 0 spiro atoms. The average Bonchev–Trinajstić information content (AvgIpc) is 1.65. The van der Waals surface area contributed by atoms with E-state index in [0.717, 1.165) is 0 Å². The quantitative estimate of drug-likeness (QED) is 0.0192. The van der Waals surface area contributed by atoms with Gasteiger partial charge < -0.3 is 145 Å². The summed E-state index contributed by atoms with van der Waals surface area (Å²) in [5.74, 6) is -1.19. The van der Waals surface area contributed by atoms with Crippen LogP contribution in [0.4, 0.5) is 9.59 Å². The van der Waals surface area contributed by atoms with Crippen LogP contribution in [-0.2, 0) is 134 Å². The number of ether oxygens (including phenoxy) is 17. The number of piperidine rings is 1. The highest BCUT2D eigenvalue weighted by molar-refractivity contribution is 5.71. The molecule has 11 rings (SSSR count). The topological polar surface area (TPSA) is 745 Å². The van der Waals surface area contributed by atoms with Crippen molar-refractivity contribution in [3.05, 3.63) is 80.9 Å². The molecule has 11 heterocycles. The first-order chi connectivity index (χ1) is 60.0. The summed E-state index contributed by atoms with van der Waals surface area (Å²) in [5.41, 5.74) is -0.624.